The molecule has 2 saturated heterocycles. The standard InChI is InChI=1S/C18H31NO6/c1-10-5-7-14-12(3)17(4,19-15(21)9-20)24-16-18(14,25-22)13(10)8-6-11(2)23-16/h10-14,16,20,22H,5-9H2,1-4H3,(H,19,21)/t10-,11+,12-,13?,14+,16+,17+,18-/m1/s1. The maximum atomic E-state index is 11.8. The number of rotatable bonds is 3. The maximum absolute atomic E-state index is 11.8. The molecule has 0 aromatic heterocycles. The Hall–Kier alpha value is -0.730. The number of aliphatic hydroxyl groups excluding tert-OH is 1. The number of amides is 1. The van der Waals surface area contributed by atoms with Crippen molar-refractivity contribution in [3.63, 3.8) is 0 Å². The SMILES string of the molecule is C[C@@H]1CC[C@H]2[C@@H](C)[C@@](C)(NC(=O)CO)O[C@@H]3O[C@@H](C)CCC1[C@]32OO. The van der Waals surface area contributed by atoms with Gasteiger partial charge in [0, 0.05) is 11.8 Å². The van der Waals surface area contributed by atoms with Crippen molar-refractivity contribution < 1.29 is 29.5 Å². The van der Waals surface area contributed by atoms with Crippen molar-refractivity contribution in [3.8, 4) is 0 Å². The third kappa shape index (κ3) is 2.90. The van der Waals surface area contributed by atoms with E-state index in [0.29, 0.717) is 5.92 Å². The summed E-state index contributed by atoms with van der Waals surface area (Å²) in [6, 6.07) is 0. The van der Waals surface area contributed by atoms with E-state index in [0.717, 1.165) is 25.7 Å². The summed E-state index contributed by atoms with van der Waals surface area (Å²) in [5.41, 5.74) is -1.92. The third-order valence-corrected chi connectivity index (χ3v) is 6.90. The predicted octanol–water partition coefficient (Wildman–Crippen LogP) is 1.89. The van der Waals surface area contributed by atoms with E-state index in [1.807, 2.05) is 13.8 Å². The molecule has 1 amide bonds. The lowest BCUT2D eigenvalue weighted by molar-refractivity contribution is -0.456. The molecule has 0 spiro atoms. The van der Waals surface area contributed by atoms with Crippen molar-refractivity contribution in [2.45, 2.75) is 77.1 Å². The number of carbonyl (C=O) groups excluding carboxylic acids is 1. The lowest BCUT2D eigenvalue weighted by Gasteiger charge is -2.60. The zero-order chi connectivity index (χ0) is 18.4. The fourth-order valence-electron chi connectivity index (χ4n) is 5.36. The molecule has 144 valence electrons. The van der Waals surface area contributed by atoms with Crippen LogP contribution in [0.5, 0.6) is 0 Å². The van der Waals surface area contributed by atoms with E-state index in [9.17, 15) is 10.1 Å². The van der Waals surface area contributed by atoms with Gasteiger partial charge in [0.05, 0.1) is 6.10 Å². The predicted molar refractivity (Wildman–Crippen MR) is 89.3 cm³/mol. The fourth-order valence-corrected chi connectivity index (χ4v) is 5.36. The molecule has 3 rings (SSSR count). The normalized spacial score (nSPS) is 49.8. The Morgan fingerprint density at radius 2 is 1.88 bits per heavy atom. The number of nitrogens with one attached hydrogen (secondary N) is 1. The largest absolute Gasteiger partial charge is 0.387 e. The molecule has 3 aliphatic rings. The van der Waals surface area contributed by atoms with Crippen LogP contribution in [0, 0.1) is 23.7 Å². The number of aliphatic hydroxyl groups is 1. The van der Waals surface area contributed by atoms with Gasteiger partial charge in [0.25, 0.3) is 0 Å². The Bertz CT molecular complexity index is 516. The van der Waals surface area contributed by atoms with Crippen molar-refractivity contribution in [3.05, 3.63) is 0 Å². The second kappa shape index (κ2) is 6.78. The Morgan fingerprint density at radius 3 is 2.52 bits per heavy atom. The Balaban J connectivity index is 2.03. The highest BCUT2D eigenvalue weighted by atomic mass is 17.1. The molecule has 1 unspecified atom stereocenters. The van der Waals surface area contributed by atoms with Crippen molar-refractivity contribution in [2.24, 2.45) is 23.7 Å². The van der Waals surface area contributed by atoms with Crippen molar-refractivity contribution in [1.82, 2.24) is 5.32 Å². The van der Waals surface area contributed by atoms with Gasteiger partial charge < -0.3 is 19.9 Å². The van der Waals surface area contributed by atoms with Crippen LogP contribution >= 0.6 is 0 Å². The Labute approximate surface area is 148 Å². The van der Waals surface area contributed by atoms with Gasteiger partial charge in [-0.05, 0) is 51.4 Å². The fraction of sp³-hybridized carbons (Fsp3) is 0.944. The summed E-state index contributed by atoms with van der Waals surface area (Å²) >= 11 is 0. The van der Waals surface area contributed by atoms with E-state index in [2.05, 4.69) is 12.2 Å². The van der Waals surface area contributed by atoms with Crippen LogP contribution in [0.4, 0.5) is 0 Å². The lowest BCUT2D eigenvalue weighted by atomic mass is 9.56. The Kier molecular flexibility index (Phi) is 5.16. The van der Waals surface area contributed by atoms with Crippen LogP contribution in [-0.4, -0.2) is 46.6 Å². The maximum Gasteiger partial charge on any atom is 0.247 e. The third-order valence-electron chi connectivity index (χ3n) is 6.90. The number of hydrogen-bond donors (Lipinski definition) is 3. The summed E-state index contributed by atoms with van der Waals surface area (Å²) in [6.07, 6.45) is 2.89. The molecule has 7 nitrogen and oxygen atoms in total. The molecule has 0 aromatic rings. The number of hydrogen-bond acceptors (Lipinski definition) is 6. The van der Waals surface area contributed by atoms with Gasteiger partial charge >= 0.3 is 0 Å². The molecule has 0 radical (unpaired) electrons. The molecular weight excluding hydrogens is 326 g/mol. The van der Waals surface area contributed by atoms with Gasteiger partial charge in [0.15, 0.2) is 11.9 Å². The molecule has 0 aromatic carbocycles. The quantitative estimate of drug-likeness (QED) is 0.527. The molecule has 3 N–H and O–H groups in total. The highest BCUT2D eigenvalue weighted by molar-refractivity contribution is 5.77. The molecule has 7 heteroatoms. The van der Waals surface area contributed by atoms with Crippen molar-refractivity contribution in [2.75, 3.05) is 6.61 Å². The van der Waals surface area contributed by atoms with E-state index in [1.54, 1.807) is 6.92 Å². The molecule has 1 saturated carbocycles. The number of ether oxygens (including phenoxy) is 2. The minimum atomic E-state index is -0.994. The highest BCUT2D eigenvalue weighted by Crippen LogP contribution is 2.58. The van der Waals surface area contributed by atoms with E-state index in [1.165, 1.54) is 0 Å². The summed E-state index contributed by atoms with van der Waals surface area (Å²) in [5, 5.41) is 22.0. The van der Waals surface area contributed by atoms with E-state index in [-0.39, 0.29) is 23.9 Å². The zero-order valence-corrected chi connectivity index (χ0v) is 15.5. The second-order valence-electron chi connectivity index (χ2n) is 8.29. The summed E-state index contributed by atoms with van der Waals surface area (Å²) in [5.74, 6) is -0.0990. The first-order chi connectivity index (χ1) is 11.8. The molecule has 2 heterocycles. The highest BCUT2D eigenvalue weighted by Gasteiger charge is 2.67. The second-order valence-corrected chi connectivity index (χ2v) is 8.29. The Morgan fingerprint density at radius 1 is 1.20 bits per heavy atom. The van der Waals surface area contributed by atoms with E-state index < -0.39 is 30.1 Å². The van der Waals surface area contributed by atoms with Crippen molar-refractivity contribution in [1.29, 1.82) is 0 Å². The molecular formula is C18H31NO6. The van der Waals surface area contributed by atoms with E-state index in [4.69, 9.17) is 19.5 Å². The minimum Gasteiger partial charge on any atom is -0.387 e. The van der Waals surface area contributed by atoms with Crippen LogP contribution in [0.1, 0.15) is 53.4 Å². The van der Waals surface area contributed by atoms with Gasteiger partial charge in [-0.2, -0.15) is 0 Å². The summed E-state index contributed by atoms with van der Waals surface area (Å²) < 4.78 is 12.4. The van der Waals surface area contributed by atoms with Gasteiger partial charge in [0.2, 0.25) is 5.91 Å². The van der Waals surface area contributed by atoms with Crippen LogP contribution in [0.25, 0.3) is 0 Å². The molecule has 2 aliphatic heterocycles. The molecule has 1 aliphatic carbocycles. The van der Waals surface area contributed by atoms with Crippen LogP contribution in [0.15, 0.2) is 0 Å². The topological polar surface area (TPSA) is 97.3 Å². The average Bonchev–Trinajstić information content (AvgIpc) is 2.71. The van der Waals surface area contributed by atoms with Crippen LogP contribution in [0.3, 0.4) is 0 Å². The van der Waals surface area contributed by atoms with Gasteiger partial charge in [-0.1, -0.05) is 13.8 Å². The molecule has 8 atom stereocenters. The molecule has 3 fully saturated rings. The first kappa shape index (κ1) is 19.0. The van der Waals surface area contributed by atoms with E-state index >= 15 is 0 Å². The van der Waals surface area contributed by atoms with Crippen LogP contribution in [-0.2, 0) is 19.2 Å². The van der Waals surface area contributed by atoms with Gasteiger partial charge in [-0.25, -0.2) is 4.89 Å². The van der Waals surface area contributed by atoms with Gasteiger partial charge in [-0.3, -0.25) is 10.1 Å². The van der Waals surface area contributed by atoms with Gasteiger partial charge in [-0.15, -0.1) is 0 Å². The molecule has 25 heavy (non-hydrogen) atoms. The first-order valence-electron chi connectivity index (χ1n) is 9.36. The summed E-state index contributed by atoms with van der Waals surface area (Å²) in [4.78, 5) is 17.1. The molecule has 0 bridgehead atoms. The zero-order valence-electron chi connectivity index (χ0n) is 15.5. The van der Waals surface area contributed by atoms with Crippen LogP contribution in [0.2, 0.25) is 0 Å². The smallest absolute Gasteiger partial charge is 0.247 e. The monoisotopic (exact) mass is 357 g/mol. The summed E-state index contributed by atoms with van der Waals surface area (Å²) in [7, 11) is 0. The summed E-state index contributed by atoms with van der Waals surface area (Å²) in [6.45, 7) is 7.40. The average molecular weight is 357 g/mol. The lowest BCUT2D eigenvalue weighted by Crippen LogP contribution is -2.73. The number of carbonyl (C=O) groups is 1. The first-order valence-corrected chi connectivity index (χ1v) is 9.36. The van der Waals surface area contributed by atoms with Gasteiger partial charge in [0.1, 0.15) is 12.3 Å². The van der Waals surface area contributed by atoms with Crippen molar-refractivity contribution >= 4 is 5.91 Å². The minimum absolute atomic E-state index is 0.0215. The van der Waals surface area contributed by atoms with Crippen LogP contribution < -0.4 is 5.32 Å².